The van der Waals surface area contributed by atoms with E-state index in [1.54, 1.807) is 0 Å². The molecular formula is C18H18ClF3N4OS. The summed E-state index contributed by atoms with van der Waals surface area (Å²) in [5.41, 5.74) is -0.0254. The molecule has 4 heterocycles. The van der Waals surface area contributed by atoms with E-state index in [9.17, 15) is 13.2 Å². The third-order valence-electron chi connectivity index (χ3n) is 5.93. The van der Waals surface area contributed by atoms with Crippen molar-refractivity contribution in [1.82, 2.24) is 15.0 Å². The van der Waals surface area contributed by atoms with Crippen molar-refractivity contribution in [3.63, 3.8) is 0 Å². The van der Waals surface area contributed by atoms with Crippen LogP contribution >= 0.6 is 23.4 Å². The van der Waals surface area contributed by atoms with Gasteiger partial charge in [0.25, 0.3) is 6.43 Å². The quantitative estimate of drug-likeness (QED) is 0.404. The molecule has 28 heavy (non-hydrogen) atoms. The van der Waals surface area contributed by atoms with Gasteiger partial charge in [-0.05, 0) is 36.9 Å². The van der Waals surface area contributed by atoms with Gasteiger partial charge in [0.1, 0.15) is 16.7 Å². The number of nitrogens with zero attached hydrogens (tertiary/aromatic N) is 4. The Balaban J connectivity index is 1.79. The van der Waals surface area contributed by atoms with Crippen LogP contribution in [0, 0.1) is 17.7 Å². The van der Waals surface area contributed by atoms with E-state index >= 15 is 0 Å². The molecule has 0 aromatic carbocycles. The fraction of sp³-hybridized carbons (Fsp3) is 0.611. The fourth-order valence-corrected chi connectivity index (χ4v) is 5.61. The summed E-state index contributed by atoms with van der Waals surface area (Å²) in [6.45, 7) is 2.54. The van der Waals surface area contributed by atoms with Gasteiger partial charge in [0.05, 0.1) is 6.04 Å². The molecule has 1 aliphatic carbocycles. The molecule has 10 heteroatoms. The Labute approximate surface area is 169 Å². The van der Waals surface area contributed by atoms with Gasteiger partial charge in [-0.15, -0.1) is 0 Å². The van der Waals surface area contributed by atoms with Crippen LogP contribution in [-0.2, 0) is 0 Å². The maximum atomic E-state index is 14.8. The molecule has 0 unspecified atom stereocenters. The number of pyridine rings is 1. The second-order valence-electron chi connectivity index (χ2n) is 7.51. The Morgan fingerprint density at radius 1 is 1.29 bits per heavy atom. The number of piperidine rings is 1. The highest BCUT2D eigenvalue weighted by Gasteiger charge is 2.51. The third-order valence-corrected chi connectivity index (χ3v) is 6.91. The topological polar surface area (TPSA) is 51.1 Å². The zero-order valence-electron chi connectivity index (χ0n) is 15.0. The first kappa shape index (κ1) is 18.5. The van der Waals surface area contributed by atoms with E-state index in [0.717, 1.165) is 19.3 Å². The van der Waals surface area contributed by atoms with Crippen molar-refractivity contribution >= 4 is 40.1 Å². The summed E-state index contributed by atoms with van der Waals surface area (Å²) in [6, 6.07) is -0.535. The lowest BCUT2D eigenvalue weighted by atomic mass is 9.87. The van der Waals surface area contributed by atoms with E-state index < -0.39 is 29.5 Å². The molecule has 1 saturated heterocycles. The van der Waals surface area contributed by atoms with Crippen LogP contribution in [0.4, 0.5) is 19.0 Å². The van der Waals surface area contributed by atoms with Gasteiger partial charge in [-0.2, -0.15) is 4.98 Å². The molecule has 2 aromatic heterocycles. The second kappa shape index (κ2) is 6.79. The first-order valence-corrected chi connectivity index (χ1v) is 10.7. The number of thioether (sulfide) groups is 1. The van der Waals surface area contributed by atoms with Crippen LogP contribution in [0.3, 0.4) is 0 Å². The maximum absolute atomic E-state index is 14.8. The molecule has 0 spiro atoms. The van der Waals surface area contributed by atoms with Crippen molar-refractivity contribution in [2.75, 3.05) is 17.2 Å². The van der Waals surface area contributed by atoms with Crippen LogP contribution in [0.5, 0.6) is 5.88 Å². The number of rotatable bonds is 3. The largest absolute Gasteiger partial charge is 0.465 e. The van der Waals surface area contributed by atoms with Crippen LogP contribution in [0.1, 0.15) is 26.2 Å². The summed E-state index contributed by atoms with van der Waals surface area (Å²) < 4.78 is 48.6. The summed E-state index contributed by atoms with van der Waals surface area (Å²) in [4.78, 5) is 14.8. The van der Waals surface area contributed by atoms with E-state index in [1.807, 2.05) is 11.8 Å². The van der Waals surface area contributed by atoms with Crippen LogP contribution in [0.15, 0.2) is 5.16 Å². The molecule has 2 bridgehead atoms. The third kappa shape index (κ3) is 2.73. The minimum Gasteiger partial charge on any atom is -0.465 e. The molecule has 150 valence electrons. The van der Waals surface area contributed by atoms with Gasteiger partial charge in [-0.1, -0.05) is 30.3 Å². The van der Waals surface area contributed by atoms with Gasteiger partial charge in [0.15, 0.2) is 22.2 Å². The minimum absolute atomic E-state index is 0.0254. The van der Waals surface area contributed by atoms with E-state index in [2.05, 4.69) is 15.0 Å². The van der Waals surface area contributed by atoms with Crippen molar-refractivity contribution in [1.29, 1.82) is 0 Å². The molecule has 2 aromatic rings. The molecule has 0 amide bonds. The molecule has 0 N–H and O–H groups in total. The first-order chi connectivity index (χ1) is 13.5. The van der Waals surface area contributed by atoms with Crippen molar-refractivity contribution in [2.24, 2.45) is 11.8 Å². The van der Waals surface area contributed by atoms with Crippen molar-refractivity contribution < 1.29 is 17.9 Å². The highest BCUT2D eigenvalue weighted by atomic mass is 35.5. The highest BCUT2D eigenvalue weighted by Crippen LogP contribution is 2.49. The van der Waals surface area contributed by atoms with Gasteiger partial charge in [-0.3, -0.25) is 0 Å². The number of hydrogen-bond acceptors (Lipinski definition) is 6. The van der Waals surface area contributed by atoms with E-state index in [-0.39, 0.29) is 22.7 Å². The standard InChI is InChI=1S/C18H18ClF3N4OS/c1-2-28-18-23-11-9-16(25-18)26-6-7-3-4-8(5-7)12(26)13(15(21)22)27-17(9)24-14(19)10(11)20/h7-8,12-13,15H,2-6H2,1H3/t7-,8+,12-,13-/m0/s1. The molecule has 0 radical (unpaired) electrons. The number of ether oxygens (including phenoxy) is 1. The summed E-state index contributed by atoms with van der Waals surface area (Å²) in [5, 5.41) is 0.190. The predicted octanol–water partition coefficient (Wildman–Crippen LogP) is 4.56. The average molecular weight is 431 g/mol. The zero-order chi connectivity index (χ0) is 19.6. The zero-order valence-corrected chi connectivity index (χ0v) is 16.6. The Kier molecular flexibility index (Phi) is 4.50. The van der Waals surface area contributed by atoms with Gasteiger partial charge in [0, 0.05) is 6.54 Å². The Hall–Kier alpha value is -1.48. The maximum Gasteiger partial charge on any atom is 0.276 e. The molecule has 3 aliphatic rings. The van der Waals surface area contributed by atoms with Crippen LogP contribution in [0.25, 0.3) is 10.9 Å². The SMILES string of the molecule is CCSc1nc2c3c(nc(Cl)c(F)c3n1)O[C@H](C(F)F)[C@@H]1[C@@H]3CC[C@@H](C3)CN21. The summed E-state index contributed by atoms with van der Waals surface area (Å²) in [6.07, 6.45) is -1.31. The number of halogens is 4. The average Bonchev–Trinajstić information content (AvgIpc) is 2.98. The fourth-order valence-electron chi connectivity index (χ4n) is 4.88. The van der Waals surface area contributed by atoms with Gasteiger partial charge in [-0.25, -0.2) is 23.1 Å². The molecule has 4 atom stereocenters. The van der Waals surface area contributed by atoms with Crippen LogP contribution in [0.2, 0.25) is 5.15 Å². The van der Waals surface area contributed by atoms with Crippen molar-refractivity contribution in [3.8, 4) is 5.88 Å². The minimum atomic E-state index is -2.71. The smallest absolute Gasteiger partial charge is 0.276 e. The summed E-state index contributed by atoms with van der Waals surface area (Å²) in [5.74, 6) is 0.739. The normalized spacial score (nSPS) is 28.4. The molecule has 2 aliphatic heterocycles. The Morgan fingerprint density at radius 2 is 2.11 bits per heavy atom. The molecule has 2 fully saturated rings. The monoisotopic (exact) mass is 430 g/mol. The first-order valence-electron chi connectivity index (χ1n) is 9.39. The second-order valence-corrected chi connectivity index (χ2v) is 9.10. The molecular weight excluding hydrogens is 413 g/mol. The van der Waals surface area contributed by atoms with Crippen LogP contribution < -0.4 is 9.64 Å². The number of alkyl halides is 2. The van der Waals surface area contributed by atoms with Gasteiger partial charge >= 0.3 is 0 Å². The lowest BCUT2D eigenvalue weighted by Gasteiger charge is -2.42. The van der Waals surface area contributed by atoms with Crippen molar-refractivity contribution in [3.05, 3.63) is 11.0 Å². The van der Waals surface area contributed by atoms with Crippen molar-refractivity contribution in [2.45, 2.75) is 49.9 Å². The van der Waals surface area contributed by atoms with E-state index in [4.69, 9.17) is 16.3 Å². The number of aromatic nitrogens is 3. The van der Waals surface area contributed by atoms with Gasteiger partial charge in [0.2, 0.25) is 5.88 Å². The number of anilines is 1. The lowest BCUT2D eigenvalue weighted by Crippen LogP contribution is -2.55. The number of fused-ring (bicyclic) bond motifs is 5. The van der Waals surface area contributed by atoms with E-state index in [1.165, 1.54) is 11.8 Å². The highest BCUT2D eigenvalue weighted by molar-refractivity contribution is 7.99. The summed E-state index contributed by atoms with van der Waals surface area (Å²) in [7, 11) is 0. The molecule has 5 nitrogen and oxygen atoms in total. The van der Waals surface area contributed by atoms with E-state index in [0.29, 0.717) is 29.2 Å². The van der Waals surface area contributed by atoms with Crippen LogP contribution in [-0.4, -0.2) is 45.8 Å². The number of hydrogen-bond donors (Lipinski definition) is 0. The molecule has 1 saturated carbocycles. The lowest BCUT2D eigenvalue weighted by molar-refractivity contribution is -0.0183. The van der Waals surface area contributed by atoms with Gasteiger partial charge < -0.3 is 9.64 Å². The molecule has 5 rings (SSSR count). The predicted molar refractivity (Wildman–Crippen MR) is 101 cm³/mol. The summed E-state index contributed by atoms with van der Waals surface area (Å²) >= 11 is 7.31. The Bertz CT molecular complexity index is 949. The Morgan fingerprint density at radius 3 is 2.86 bits per heavy atom.